The highest BCUT2D eigenvalue weighted by Gasteiger charge is 2.05. The van der Waals surface area contributed by atoms with E-state index < -0.39 is 5.97 Å². The molecule has 0 heterocycles. The fourth-order valence-corrected chi connectivity index (χ4v) is 2.46. The molecule has 132 valence electrons. The van der Waals surface area contributed by atoms with Crippen molar-refractivity contribution in [2.45, 2.75) is 59.3 Å². The molecule has 23 heavy (non-hydrogen) atoms. The summed E-state index contributed by atoms with van der Waals surface area (Å²) in [7, 11) is 0. The Bertz CT molecular complexity index is 405. The summed E-state index contributed by atoms with van der Waals surface area (Å²) in [6.07, 6.45) is 8.26. The monoisotopic (exact) mass is 341 g/mol. The molecule has 0 unspecified atom stereocenters. The lowest BCUT2D eigenvalue weighted by atomic mass is 10.2. The van der Waals surface area contributed by atoms with Gasteiger partial charge in [0.15, 0.2) is 0 Å². The van der Waals surface area contributed by atoms with Crippen molar-refractivity contribution in [2.75, 3.05) is 19.6 Å². The minimum Gasteiger partial charge on any atom is -0.545 e. The van der Waals surface area contributed by atoms with Crippen LogP contribution in [0, 0.1) is 0 Å². The summed E-state index contributed by atoms with van der Waals surface area (Å²) in [5.41, 5.74) is 0.104. The van der Waals surface area contributed by atoms with Crippen molar-refractivity contribution in [1.29, 1.82) is 0 Å². The van der Waals surface area contributed by atoms with Gasteiger partial charge in [0.1, 0.15) is 0 Å². The number of unbranched alkanes of at least 4 members (excludes halogenated alkanes) is 3. The maximum Gasteiger partial charge on any atom is 0.0770 e. The molecule has 1 rings (SSSR count). The molecule has 0 radical (unpaired) electrons. The highest BCUT2D eigenvalue weighted by molar-refractivity contribution is 6.30. The van der Waals surface area contributed by atoms with Gasteiger partial charge in [-0.3, -0.25) is 0 Å². The Hall–Kier alpha value is -1.06. The predicted octanol–water partition coefficient (Wildman–Crippen LogP) is 2.98. The quantitative estimate of drug-likeness (QED) is 0.711. The minimum absolute atomic E-state index is 0.104. The van der Waals surface area contributed by atoms with Crippen LogP contribution in [0.1, 0.15) is 69.7 Å². The molecule has 1 N–H and O–H groups in total. The lowest BCUT2D eigenvalue weighted by Gasteiger charge is -2.18. The smallest absolute Gasteiger partial charge is 0.0770 e. The van der Waals surface area contributed by atoms with Crippen LogP contribution in [0.2, 0.25) is 5.02 Å². The molecule has 0 aromatic heterocycles. The SMILES string of the molecule is CCCC[NH+](CCCC)CCCC.O=C([O-])c1cccc(Cl)c1. The van der Waals surface area contributed by atoms with E-state index in [9.17, 15) is 9.90 Å². The van der Waals surface area contributed by atoms with Crippen LogP contribution in [0.25, 0.3) is 0 Å². The van der Waals surface area contributed by atoms with Gasteiger partial charge in [-0.1, -0.05) is 63.8 Å². The zero-order chi connectivity index (χ0) is 17.5. The first-order valence-electron chi connectivity index (χ1n) is 8.85. The first kappa shape index (κ1) is 21.9. The maximum atomic E-state index is 10.2. The van der Waals surface area contributed by atoms with Crippen molar-refractivity contribution in [2.24, 2.45) is 0 Å². The zero-order valence-electron chi connectivity index (χ0n) is 14.9. The second-order valence-corrected chi connectivity index (χ2v) is 6.29. The topological polar surface area (TPSA) is 44.6 Å². The molecule has 0 aliphatic rings. The van der Waals surface area contributed by atoms with Gasteiger partial charge < -0.3 is 14.8 Å². The van der Waals surface area contributed by atoms with Crippen molar-refractivity contribution in [3.05, 3.63) is 34.9 Å². The molecular weight excluding hydrogens is 310 g/mol. The van der Waals surface area contributed by atoms with Gasteiger partial charge in [-0.25, -0.2) is 0 Å². The molecule has 0 atom stereocenters. The average molecular weight is 342 g/mol. The van der Waals surface area contributed by atoms with Crippen molar-refractivity contribution < 1.29 is 14.8 Å². The average Bonchev–Trinajstić information content (AvgIpc) is 2.54. The van der Waals surface area contributed by atoms with Crippen LogP contribution in [-0.4, -0.2) is 25.6 Å². The van der Waals surface area contributed by atoms with Crippen LogP contribution in [0.15, 0.2) is 24.3 Å². The fourth-order valence-electron chi connectivity index (χ4n) is 2.27. The lowest BCUT2D eigenvalue weighted by Crippen LogP contribution is -3.12. The van der Waals surface area contributed by atoms with Crippen molar-refractivity contribution in [3.63, 3.8) is 0 Å². The minimum atomic E-state index is -1.21. The molecule has 0 aliphatic carbocycles. The summed E-state index contributed by atoms with van der Waals surface area (Å²) in [6.45, 7) is 11.1. The van der Waals surface area contributed by atoms with E-state index in [2.05, 4.69) is 20.8 Å². The summed E-state index contributed by atoms with van der Waals surface area (Å²) in [5, 5.41) is 10.6. The second-order valence-electron chi connectivity index (χ2n) is 5.86. The lowest BCUT2D eigenvalue weighted by molar-refractivity contribution is -0.900. The molecule has 3 nitrogen and oxygen atoms in total. The number of nitrogens with one attached hydrogen (secondary N) is 1. The summed E-state index contributed by atoms with van der Waals surface area (Å²) < 4.78 is 0. The van der Waals surface area contributed by atoms with Crippen molar-refractivity contribution in [3.8, 4) is 0 Å². The first-order chi connectivity index (χ1) is 11.0. The van der Waals surface area contributed by atoms with E-state index in [0.717, 1.165) is 0 Å². The molecule has 0 bridgehead atoms. The standard InChI is InChI=1S/C12H27N.C7H5ClO2/c1-4-7-10-13(11-8-5-2)12-9-6-3;8-6-3-1-2-5(4-6)7(9)10/h4-12H2,1-3H3;1-4H,(H,9,10). The van der Waals surface area contributed by atoms with E-state index in [1.165, 1.54) is 70.3 Å². The molecular formula is C19H32ClNO2. The number of halogens is 1. The zero-order valence-corrected chi connectivity index (χ0v) is 15.6. The molecule has 0 saturated carbocycles. The molecule has 0 fully saturated rings. The second kappa shape index (κ2) is 14.5. The fraction of sp³-hybridized carbons (Fsp3) is 0.632. The Morgan fingerprint density at radius 2 is 1.48 bits per heavy atom. The number of carbonyl (C=O) groups is 1. The molecule has 1 aromatic rings. The van der Waals surface area contributed by atoms with Crippen LogP contribution < -0.4 is 10.0 Å². The van der Waals surface area contributed by atoms with Gasteiger partial charge >= 0.3 is 0 Å². The number of carboxylic acids is 1. The van der Waals surface area contributed by atoms with Gasteiger partial charge in [-0.05, 0) is 37.0 Å². The van der Waals surface area contributed by atoms with E-state index in [1.54, 1.807) is 12.1 Å². The van der Waals surface area contributed by atoms with Crippen LogP contribution >= 0.6 is 11.6 Å². The van der Waals surface area contributed by atoms with Crippen LogP contribution in [0.5, 0.6) is 0 Å². The first-order valence-corrected chi connectivity index (χ1v) is 9.23. The number of benzene rings is 1. The number of carboxylic acid groups (broad SMARTS) is 1. The summed E-state index contributed by atoms with van der Waals surface area (Å²) >= 11 is 5.50. The summed E-state index contributed by atoms with van der Waals surface area (Å²) in [5.74, 6) is -1.21. The van der Waals surface area contributed by atoms with Gasteiger partial charge in [0.2, 0.25) is 0 Å². The Morgan fingerprint density at radius 1 is 1.00 bits per heavy atom. The van der Waals surface area contributed by atoms with Crippen LogP contribution in [0.3, 0.4) is 0 Å². The normalized spacial score (nSPS) is 10.3. The summed E-state index contributed by atoms with van der Waals surface area (Å²) in [6, 6.07) is 5.94. The molecule has 0 spiro atoms. The van der Waals surface area contributed by atoms with E-state index in [1.807, 2.05) is 4.90 Å². The van der Waals surface area contributed by atoms with Gasteiger partial charge in [0.05, 0.1) is 25.6 Å². The number of hydrogen-bond donors (Lipinski definition) is 1. The molecule has 1 aromatic carbocycles. The van der Waals surface area contributed by atoms with E-state index in [-0.39, 0.29) is 5.56 Å². The van der Waals surface area contributed by atoms with E-state index in [4.69, 9.17) is 11.6 Å². The Labute approximate surface area is 146 Å². The number of quaternary nitrogens is 1. The Balaban J connectivity index is 0.000000433. The number of rotatable bonds is 10. The third-order valence-electron chi connectivity index (χ3n) is 3.71. The number of aromatic carboxylic acids is 1. The third-order valence-corrected chi connectivity index (χ3v) is 3.95. The van der Waals surface area contributed by atoms with Gasteiger partial charge in [-0.15, -0.1) is 0 Å². The number of hydrogen-bond acceptors (Lipinski definition) is 2. The van der Waals surface area contributed by atoms with E-state index >= 15 is 0 Å². The van der Waals surface area contributed by atoms with Gasteiger partial charge in [0.25, 0.3) is 0 Å². The molecule has 0 saturated heterocycles. The molecule has 4 heteroatoms. The molecule has 0 amide bonds. The Kier molecular flexibility index (Phi) is 13.9. The Morgan fingerprint density at radius 3 is 1.78 bits per heavy atom. The van der Waals surface area contributed by atoms with Crippen LogP contribution in [-0.2, 0) is 0 Å². The third kappa shape index (κ3) is 12.1. The predicted molar refractivity (Wildman–Crippen MR) is 96.1 cm³/mol. The number of carbonyl (C=O) groups excluding carboxylic acids is 1. The highest BCUT2D eigenvalue weighted by Crippen LogP contribution is 2.09. The molecule has 0 aliphatic heterocycles. The summed E-state index contributed by atoms with van der Waals surface area (Å²) in [4.78, 5) is 12.0. The van der Waals surface area contributed by atoms with Crippen molar-refractivity contribution >= 4 is 17.6 Å². The van der Waals surface area contributed by atoms with Crippen LogP contribution in [0.4, 0.5) is 0 Å². The van der Waals surface area contributed by atoms with E-state index in [0.29, 0.717) is 5.02 Å². The van der Waals surface area contributed by atoms with Gasteiger partial charge in [-0.2, -0.15) is 0 Å². The largest absolute Gasteiger partial charge is 0.545 e. The maximum absolute atomic E-state index is 10.2. The van der Waals surface area contributed by atoms with Gasteiger partial charge in [0, 0.05) is 5.02 Å². The van der Waals surface area contributed by atoms with Crippen molar-refractivity contribution in [1.82, 2.24) is 0 Å². The highest BCUT2D eigenvalue weighted by atomic mass is 35.5.